The molecule has 0 saturated heterocycles. The molecule has 0 bridgehead atoms. The highest BCUT2D eigenvalue weighted by atomic mass is 31.2. The van der Waals surface area contributed by atoms with Gasteiger partial charge in [-0.2, -0.15) is 0 Å². The van der Waals surface area contributed by atoms with E-state index in [2.05, 4.69) is 50.4 Å². The minimum atomic E-state index is -4.70. The maximum Gasteiger partial charge on any atom is 0.306 e. The van der Waals surface area contributed by atoms with Crippen molar-refractivity contribution in [2.24, 2.45) is 0 Å². The Morgan fingerprint density at radius 2 is 0.772 bits per heavy atom. The lowest BCUT2D eigenvalue weighted by Gasteiger charge is -2.30. The summed E-state index contributed by atoms with van der Waals surface area (Å²) in [6.45, 7) is 6.87. The Bertz CT molecular complexity index is 1450. The number of esters is 1. The molecule has 0 saturated carbocycles. The quantitative estimate of drug-likeness (QED) is 0.0212. The van der Waals surface area contributed by atoms with E-state index in [1.54, 1.807) is 0 Å². The molecule has 0 aliphatic heterocycles. The number of rotatable bonds is 63. The number of nitrogens with zero attached hydrogens (tertiary/aromatic N) is 1. The third-order valence-corrected chi connectivity index (χ3v) is 16.5. The Morgan fingerprint density at radius 3 is 1.16 bits per heavy atom. The van der Waals surface area contributed by atoms with E-state index in [9.17, 15) is 19.0 Å². The minimum absolute atomic E-state index is 0.0200. The molecule has 1 amide bonds. The number of carbonyl (C=O) groups excluding carboxylic acids is 2. The number of phosphoric acid groups is 1. The van der Waals surface area contributed by atoms with Crippen molar-refractivity contribution in [1.29, 1.82) is 0 Å². The molecule has 0 aliphatic rings. The van der Waals surface area contributed by atoms with Crippen LogP contribution in [0.4, 0.5) is 0 Å². The van der Waals surface area contributed by atoms with Gasteiger partial charge in [0.2, 0.25) is 5.91 Å². The van der Waals surface area contributed by atoms with Crippen molar-refractivity contribution in [1.82, 2.24) is 5.32 Å². The molecule has 0 radical (unpaired) electrons. The molecule has 0 heterocycles. The molecule has 3 unspecified atom stereocenters. The largest absolute Gasteiger partial charge is 0.756 e. The van der Waals surface area contributed by atoms with Gasteiger partial charge in [-0.05, 0) is 63.9 Å². The third kappa shape index (κ3) is 60.6. The lowest BCUT2D eigenvalue weighted by Crippen LogP contribution is -2.47. The van der Waals surface area contributed by atoms with Gasteiger partial charge >= 0.3 is 5.97 Å². The molecule has 0 aromatic rings. The molecule has 10 heteroatoms. The van der Waals surface area contributed by atoms with Crippen LogP contribution in [0, 0.1) is 0 Å². The van der Waals surface area contributed by atoms with Crippen molar-refractivity contribution >= 4 is 19.7 Å². The molecule has 0 spiro atoms. The molecule has 0 aromatic heterocycles. The second-order valence-electron chi connectivity index (χ2n) is 24.7. The molecular weight excluding hydrogens is 1000 g/mol. The number of carbonyl (C=O) groups is 2. The van der Waals surface area contributed by atoms with Crippen LogP contribution in [0.1, 0.15) is 342 Å². The van der Waals surface area contributed by atoms with Crippen molar-refractivity contribution in [3.8, 4) is 0 Å². The van der Waals surface area contributed by atoms with E-state index in [1.807, 2.05) is 33.3 Å². The monoisotopic (exact) mass is 1130 g/mol. The first-order valence-electron chi connectivity index (χ1n) is 34.3. The summed E-state index contributed by atoms with van der Waals surface area (Å²) in [4.78, 5) is 40.1. The first-order chi connectivity index (χ1) is 38.4. The summed E-state index contributed by atoms with van der Waals surface area (Å²) < 4.78 is 30.4. The van der Waals surface area contributed by atoms with Crippen LogP contribution in [0.3, 0.4) is 0 Å². The summed E-state index contributed by atoms with van der Waals surface area (Å²) >= 11 is 0. The van der Waals surface area contributed by atoms with Crippen LogP contribution in [0.2, 0.25) is 0 Å². The third-order valence-electron chi connectivity index (χ3n) is 15.6. The number of hydrogen-bond donors (Lipinski definition) is 1. The van der Waals surface area contributed by atoms with Gasteiger partial charge < -0.3 is 28.5 Å². The first-order valence-corrected chi connectivity index (χ1v) is 35.8. The van der Waals surface area contributed by atoms with Gasteiger partial charge in [0.25, 0.3) is 7.82 Å². The highest BCUT2D eigenvalue weighted by molar-refractivity contribution is 7.45. The lowest BCUT2D eigenvalue weighted by atomic mass is 10.0. The van der Waals surface area contributed by atoms with Gasteiger partial charge in [-0.3, -0.25) is 14.2 Å². The average Bonchev–Trinajstić information content (AvgIpc) is 3.41. The maximum absolute atomic E-state index is 13.6. The van der Waals surface area contributed by atoms with E-state index in [-0.39, 0.29) is 31.5 Å². The lowest BCUT2D eigenvalue weighted by molar-refractivity contribution is -0.870. The molecule has 466 valence electrons. The number of hydrogen-bond acceptors (Lipinski definition) is 7. The predicted octanol–water partition coefficient (Wildman–Crippen LogP) is 20.8. The van der Waals surface area contributed by atoms with Crippen molar-refractivity contribution in [3.63, 3.8) is 0 Å². The Balaban J connectivity index is 5.06. The fourth-order valence-electron chi connectivity index (χ4n) is 10.3. The van der Waals surface area contributed by atoms with E-state index >= 15 is 0 Å². The maximum atomic E-state index is 13.6. The summed E-state index contributed by atoms with van der Waals surface area (Å²) in [7, 11) is 1.20. The number of phosphoric ester groups is 1. The zero-order valence-electron chi connectivity index (χ0n) is 53.3. The van der Waals surface area contributed by atoms with Crippen LogP contribution in [-0.4, -0.2) is 69.4 Å². The molecule has 3 atom stereocenters. The molecule has 0 fully saturated rings. The summed E-state index contributed by atoms with van der Waals surface area (Å²) in [5.74, 6) is -0.526. The van der Waals surface area contributed by atoms with Crippen molar-refractivity contribution in [2.75, 3.05) is 40.9 Å². The van der Waals surface area contributed by atoms with Gasteiger partial charge in [-0.1, -0.05) is 302 Å². The number of likely N-dealkylation sites (N-methyl/N-ethyl adjacent to an activating group) is 1. The molecule has 0 rings (SSSR count). The summed E-state index contributed by atoms with van der Waals surface area (Å²) in [6.07, 6.45) is 72.6. The van der Waals surface area contributed by atoms with Gasteiger partial charge in [0, 0.05) is 12.8 Å². The number of unbranched alkanes of at least 4 members (excludes halogenated alkanes) is 43. The standard InChI is InChI=1S/C69H133N2O7P/c1-7-10-13-16-19-22-25-27-29-31-33-35-37-39-41-43-46-49-52-55-58-61-68(72)70-66(65-77-79(74,75)76-64-63-71(4,5)6)67(60-57-54-51-48-45-24-21-18-15-12-9-3)78-69(73)62-59-56-53-50-47-44-42-40-38-36-34-32-30-28-26-23-20-17-14-11-8-2/h19,22,27,29,57,60,66-67H,7-18,20-21,23-26,28,30-56,58-59,61-65H2,1-6H3,(H-,70,72,74,75)/b22-19-,29-27-,60-57+. The Labute approximate surface area is 491 Å². The van der Waals surface area contributed by atoms with Crippen LogP contribution in [0.5, 0.6) is 0 Å². The second-order valence-corrected chi connectivity index (χ2v) is 26.1. The minimum Gasteiger partial charge on any atom is -0.756 e. The zero-order valence-corrected chi connectivity index (χ0v) is 54.2. The number of allylic oxidation sites excluding steroid dienone is 5. The van der Waals surface area contributed by atoms with Crippen LogP contribution in [0.15, 0.2) is 36.5 Å². The molecule has 0 aliphatic carbocycles. The summed E-state index contributed by atoms with van der Waals surface area (Å²) in [5.41, 5.74) is 0. The number of nitrogens with one attached hydrogen (secondary N) is 1. The average molecular weight is 1130 g/mol. The highest BCUT2D eigenvalue weighted by Gasteiger charge is 2.27. The van der Waals surface area contributed by atoms with E-state index in [4.69, 9.17) is 13.8 Å². The van der Waals surface area contributed by atoms with Crippen LogP contribution in [0.25, 0.3) is 0 Å². The summed E-state index contributed by atoms with van der Waals surface area (Å²) in [5, 5.41) is 3.04. The van der Waals surface area contributed by atoms with Crippen LogP contribution < -0.4 is 10.2 Å². The SMILES string of the molecule is CCCCC/C=C\C/C=C\CCCCCCCCCCCCCC(=O)NC(COP(=O)([O-])OCC[N+](C)(C)C)C(/C=C/CCCCCCCCCCC)OC(=O)CCCCCCCCCCCCCCCCCCCCCCC. The highest BCUT2D eigenvalue weighted by Crippen LogP contribution is 2.38. The van der Waals surface area contributed by atoms with Gasteiger partial charge in [0.05, 0.1) is 33.8 Å². The number of ether oxygens (including phenoxy) is 1. The van der Waals surface area contributed by atoms with Gasteiger partial charge in [0.1, 0.15) is 19.3 Å². The van der Waals surface area contributed by atoms with Crippen molar-refractivity contribution < 1.29 is 37.3 Å². The summed E-state index contributed by atoms with van der Waals surface area (Å²) in [6, 6.07) is -0.886. The number of quaternary nitrogens is 1. The van der Waals surface area contributed by atoms with Crippen LogP contribution >= 0.6 is 7.82 Å². The second kappa shape index (κ2) is 59.4. The van der Waals surface area contributed by atoms with E-state index in [0.717, 1.165) is 64.2 Å². The zero-order chi connectivity index (χ0) is 57.9. The first kappa shape index (κ1) is 77.2. The van der Waals surface area contributed by atoms with E-state index < -0.39 is 20.0 Å². The molecular formula is C69H133N2O7P. The Kier molecular flexibility index (Phi) is 58.1. The fraction of sp³-hybridized carbons (Fsp3) is 0.884. The molecule has 9 nitrogen and oxygen atoms in total. The Hall–Kier alpha value is -1.77. The Morgan fingerprint density at radius 1 is 0.443 bits per heavy atom. The van der Waals surface area contributed by atoms with Gasteiger partial charge in [-0.15, -0.1) is 0 Å². The smallest absolute Gasteiger partial charge is 0.306 e. The molecule has 1 N–H and O–H groups in total. The molecule has 79 heavy (non-hydrogen) atoms. The van der Waals surface area contributed by atoms with E-state index in [0.29, 0.717) is 17.4 Å². The van der Waals surface area contributed by atoms with Crippen molar-refractivity contribution in [3.05, 3.63) is 36.5 Å². The normalized spacial score (nSPS) is 13.8. The van der Waals surface area contributed by atoms with Gasteiger partial charge in [0.15, 0.2) is 0 Å². The van der Waals surface area contributed by atoms with E-state index in [1.165, 1.54) is 244 Å². The topological polar surface area (TPSA) is 114 Å². The predicted molar refractivity (Wildman–Crippen MR) is 340 cm³/mol. The fourth-order valence-corrected chi connectivity index (χ4v) is 11.0. The van der Waals surface area contributed by atoms with Crippen molar-refractivity contribution in [2.45, 2.75) is 354 Å². The molecule has 0 aromatic carbocycles. The number of amides is 1. The van der Waals surface area contributed by atoms with Crippen LogP contribution in [-0.2, 0) is 27.9 Å². The van der Waals surface area contributed by atoms with Gasteiger partial charge in [-0.25, -0.2) is 0 Å².